The van der Waals surface area contributed by atoms with Gasteiger partial charge in [-0.05, 0) is 13.0 Å². The molecular weight excluding hydrogens is 324 g/mol. The molecule has 4 rings (SSSR count). The van der Waals surface area contributed by atoms with Crippen LogP contribution in [0.2, 0.25) is 0 Å². The Kier molecular flexibility index (Phi) is 3.77. The first kappa shape index (κ1) is 14.3. The molecular formula is C17H14N4S2. The van der Waals surface area contributed by atoms with Gasteiger partial charge >= 0.3 is 0 Å². The molecule has 0 atom stereocenters. The highest BCUT2D eigenvalue weighted by Gasteiger charge is 2.08. The van der Waals surface area contributed by atoms with Crippen molar-refractivity contribution in [2.75, 3.05) is 5.32 Å². The molecule has 0 aliphatic carbocycles. The van der Waals surface area contributed by atoms with Gasteiger partial charge in [0.1, 0.15) is 22.0 Å². The van der Waals surface area contributed by atoms with Crippen LogP contribution in [0.1, 0.15) is 10.6 Å². The Morgan fingerprint density at radius 1 is 1.13 bits per heavy atom. The van der Waals surface area contributed by atoms with Crippen molar-refractivity contribution in [2.45, 2.75) is 13.5 Å². The number of thiophene rings is 1. The average Bonchev–Trinajstić information content (AvgIpc) is 3.19. The molecule has 3 heterocycles. The maximum absolute atomic E-state index is 4.70. The molecule has 0 unspecified atom stereocenters. The van der Waals surface area contributed by atoms with Gasteiger partial charge in [-0.3, -0.25) is 0 Å². The number of nitrogens with zero attached hydrogens (tertiary/aromatic N) is 3. The first-order valence-corrected chi connectivity index (χ1v) is 8.94. The third kappa shape index (κ3) is 2.95. The van der Waals surface area contributed by atoms with Crippen LogP contribution in [0.5, 0.6) is 0 Å². The van der Waals surface area contributed by atoms with E-state index in [1.807, 2.05) is 18.2 Å². The quantitative estimate of drug-likeness (QED) is 0.584. The molecule has 4 aromatic rings. The number of aromatic nitrogens is 3. The van der Waals surface area contributed by atoms with E-state index in [0.29, 0.717) is 6.54 Å². The van der Waals surface area contributed by atoms with Crippen LogP contribution in [0, 0.1) is 6.92 Å². The maximum Gasteiger partial charge on any atom is 0.138 e. The fourth-order valence-electron chi connectivity index (χ4n) is 2.39. The predicted octanol–water partition coefficient (Wildman–Crippen LogP) is 4.74. The normalized spacial score (nSPS) is 11.0. The van der Waals surface area contributed by atoms with Crippen LogP contribution in [-0.4, -0.2) is 15.0 Å². The third-order valence-corrected chi connectivity index (χ3v) is 5.36. The van der Waals surface area contributed by atoms with Crippen molar-refractivity contribution in [3.63, 3.8) is 0 Å². The van der Waals surface area contributed by atoms with E-state index in [1.54, 1.807) is 29.0 Å². The average molecular weight is 338 g/mol. The number of nitrogens with one attached hydrogen (secondary N) is 1. The number of rotatable bonds is 4. The SMILES string of the molecule is Cc1cc2c(NCc3csc(-c4ccccc4)n3)ncnc2s1. The lowest BCUT2D eigenvalue weighted by molar-refractivity contribution is 1.05. The van der Waals surface area contributed by atoms with E-state index in [1.165, 1.54) is 4.88 Å². The van der Waals surface area contributed by atoms with Crippen molar-refractivity contribution in [1.82, 2.24) is 15.0 Å². The highest BCUT2D eigenvalue weighted by atomic mass is 32.1. The Hall–Kier alpha value is -2.31. The van der Waals surface area contributed by atoms with Crippen LogP contribution in [0.4, 0.5) is 5.82 Å². The molecule has 4 nitrogen and oxygen atoms in total. The van der Waals surface area contributed by atoms with Crippen molar-refractivity contribution < 1.29 is 0 Å². The van der Waals surface area contributed by atoms with Gasteiger partial charge in [0.2, 0.25) is 0 Å². The summed E-state index contributed by atoms with van der Waals surface area (Å²) in [5, 5.41) is 7.59. The summed E-state index contributed by atoms with van der Waals surface area (Å²) in [6, 6.07) is 12.4. The Balaban J connectivity index is 1.54. The second kappa shape index (κ2) is 6.06. The minimum atomic E-state index is 0.657. The Morgan fingerprint density at radius 3 is 2.87 bits per heavy atom. The number of hydrogen-bond donors (Lipinski definition) is 1. The zero-order valence-electron chi connectivity index (χ0n) is 12.5. The van der Waals surface area contributed by atoms with Crippen LogP contribution in [0.15, 0.2) is 48.1 Å². The predicted molar refractivity (Wildman–Crippen MR) is 97.0 cm³/mol. The van der Waals surface area contributed by atoms with E-state index >= 15 is 0 Å². The van der Waals surface area contributed by atoms with E-state index in [0.717, 1.165) is 32.3 Å². The molecule has 0 aliphatic heterocycles. The summed E-state index contributed by atoms with van der Waals surface area (Å²) >= 11 is 3.35. The third-order valence-electron chi connectivity index (χ3n) is 3.46. The molecule has 0 saturated carbocycles. The monoisotopic (exact) mass is 338 g/mol. The van der Waals surface area contributed by atoms with E-state index in [2.05, 4.69) is 45.8 Å². The summed E-state index contributed by atoms with van der Waals surface area (Å²) in [6.07, 6.45) is 1.61. The van der Waals surface area contributed by atoms with E-state index < -0.39 is 0 Å². The maximum atomic E-state index is 4.70. The zero-order chi connectivity index (χ0) is 15.6. The van der Waals surface area contributed by atoms with Gasteiger partial charge in [-0.15, -0.1) is 22.7 Å². The number of benzene rings is 1. The van der Waals surface area contributed by atoms with Gasteiger partial charge in [0.05, 0.1) is 17.6 Å². The lowest BCUT2D eigenvalue weighted by Crippen LogP contribution is -2.02. The largest absolute Gasteiger partial charge is 0.364 e. The van der Waals surface area contributed by atoms with Gasteiger partial charge in [-0.25, -0.2) is 15.0 Å². The molecule has 114 valence electrons. The van der Waals surface area contributed by atoms with E-state index in [9.17, 15) is 0 Å². The van der Waals surface area contributed by atoms with Crippen molar-refractivity contribution in [3.8, 4) is 10.6 Å². The van der Waals surface area contributed by atoms with Crippen LogP contribution in [-0.2, 0) is 6.54 Å². The van der Waals surface area contributed by atoms with Gasteiger partial charge in [-0.1, -0.05) is 30.3 Å². The molecule has 0 spiro atoms. The lowest BCUT2D eigenvalue weighted by atomic mass is 10.2. The molecule has 0 radical (unpaired) electrons. The van der Waals surface area contributed by atoms with Crippen LogP contribution >= 0.6 is 22.7 Å². The Morgan fingerprint density at radius 2 is 2.00 bits per heavy atom. The topological polar surface area (TPSA) is 50.7 Å². The molecule has 23 heavy (non-hydrogen) atoms. The van der Waals surface area contributed by atoms with Crippen molar-refractivity contribution in [2.24, 2.45) is 0 Å². The summed E-state index contributed by atoms with van der Waals surface area (Å²) in [5.74, 6) is 0.869. The molecule has 0 amide bonds. The summed E-state index contributed by atoms with van der Waals surface area (Å²) in [6.45, 7) is 2.74. The fourth-order valence-corrected chi connectivity index (χ4v) is 4.07. The van der Waals surface area contributed by atoms with Gasteiger partial charge in [0, 0.05) is 15.8 Å². The van der Waals surface area contributed by atoms with Crippen molar-refractivity contribution in [3.05, 3.63) is 58.7 Å². The standard InChI is InChI=1S/C17H14N4S2/c1-11-7-14-15(19-10-20-17(14)23-11)18-8-13-9-22-16(21-13)12-5-3-2-4-6-12/h2-7,9-10H,8H2,1H3,(H,18,19,20). The molecule has 0 fully saturated rings. The number of thiazole rings is 1. The Bertz CT molecular complexity index is 944. The molecule has 0 bridgehead atoms. The van der Waals surface area contributed by atoms with Crippen LogP contribution in [0.25, 0.3) is 20.8 Å². The van der Waals surface area contributed by atoms with Gasteiger partial charge in [0.15, 0.2) is 0 Å². The minimum Gasteiger partial charge on any atom is -0.364 e. The van der Waals surface area contributed by atoms with Gasteiger partial charge in [-0.2, -0.15) is 0 Å². The molecule has 1 N–H and O–H groups in total. The smallest absolute Gasteiger partial charge is 0.138 e. The first-order valence-electron chi connectivity index (χ1n) is 7.24. The molecule has 3 aromatic heterocycles. The van der Waals surface area contributed by atoms with Crippen LogP contribution in [0.3, 0.4) is 0 Å². The van der Waals surface area contributed by atoms with Crippen LogP contribution < -0.4 is 5.32 Å². The summed E-state index contributed by atoms with van der Waals surface area (Å²) in [7, 11) is 0. The summed E-state index contributed by atoms with van der Waals surface area (Å²) in [4.78, 5) is 15.6. The second-order valence-electron chi connectivity index (χ2n) is 5.16. The van der Waals surface area contributed by atoms with Gasteiger partial charge < -0.3 is 5.32 Å². The summed E-state index contributed by atoms with van der Waals surface area (Å²) in [5.41, 5.74) is 2.18. The zero-order valence-corrected chi connectivity index (χ0v) is 14.1. The number of aryl methyl sites for hydroxylation is 1. The van der Waals surface area contributed by atoms with Gasteiger partial charge in [0.25, 0.3) is 0 Å². The highest BCUT2D eigenvalue weighted by molar-refractivity contribution is 7.18. The Labute approximate surface area is 141 Å². The molecule has 0 aliphatic rings. The molecule has 1 aromatic carbocycles. The lowest BCUT2D eigenvalue weighted by Gasteiger charge is -2.04. The molecule has 6 heteroatoms. The van der Waals surface area contributed by atoms with E-state index in [-0.39, 0.29) is 0 Å². The number of fused-ring (bicyclic) bond motifs is 1. The number of anilines is 1. The second-order valence-corrected chi connectivity index (χ2v) is 7.25. The summed E-state index contributed by atoms with van der Waals surface area (Å²) < 4.78 is 0. The van der Waals surface area contributed by atoms with Crippen molar-refractivity contribution >= 4 is 38.7 Å². The van der Waals surface area contributed by atoms with E-state index in [4.69, 9.17) is 4.98 Å². The fraction of sp³-hybridized carbons (Fsp3) is 0.118. The molecule has 0 saturated heterocycles. The van der Waals surface area contributed by atoms with Crippen molar-refractivity contribution in [1.29, 1.82) is 0 Å². The minimum absolute atomic E-state index is 0.657. The highest BCUT2D eigenvalue weighted by Crippen LogP contribution is 2.28. The first-order chi connectivity index (χ1) is 11.3. The number of hydrogen-bond acceptors (Lipinski definition) is 6.